The van der Waals surface area contributed by atoms with Gasteiger partial charge in [0.2, 0.25) is 0 Å². The monoisotopic (exact) mass is 188 g/mol. The summed E-state index contributed by atoms with van der Waals surface area (Å²) in [7, 11) is 0. The van der Waals surface area contributed by atoms with Crippen molar-refractivity contribution in [1.82, 2.24) is 0 Å². The van der Waals surface area contributed by atoms with E-state index in [-0.39, 0.29) is 5.79 Å². The van der Waals surface area contributed by atoms with Crippen molar-refractivity contribution < 1.29 is 14.2 Å². The molecule has 0 aromatic carbocycles. The molecule has 0 amide bonds. The van der Waals surface area contributed by atoms with Crippen LogP contribution < -0.4 is 0 Å². The quantitative estimate of drug-likeness (QED) is 0.595. The fourth-order valence-electron chi connectivity index (χ4n) is 1.14. The normalized spacial score (nSPS) is 27.7. The predicted molar refractivity (Wildman–Crippen MR) is 50.6 cm³/mol. The average Bonchev–Trinajstić information content (AvgIpc) is 2.00. The van der Waals surface area contributed by atoms with Crippen LogP contribution in [-0.4, -0.2) is 32.2 Å². The highest BCUT2D eigenvalue weighted by Gasteiger charge is 2.33. The zero-order chi connectivity index (χ0) is 9.73. The summed E-state index contributed by atoms with van der Waals surface area (Å²) < 4.78 is 16.1. The lowest BCUT2D eigenvalue weighted by Crippen LogP contribution is -2.43. The molecule has 0 bridgehead atoms. The summed E-state index contributed by atoms with van der Waals surface area (Å²) in [4.78, 5) is 0. The molecule has 0 saturated carbocycles. The van der Waals surface area contributed by atoms with E-state index in [0.717, 1.165) is 19.6 Å². The SMILES string of the molecule is CC(C)COCCOC1(C)CCO1. The van der Waals surface area contributed by atoms with Gasteiger partial charge in [-0.1, -0.05) is 13.8 Å². The third-order valence-electron chi connectivity index (χ3n) is 2.05. The summed E-state index contributed by atoms with van der Waals surface area (Å²) in [6.45, 7) is 9.16. The molecule has 0 aliphatic carbocycles. The van der Waals surface area contributed by atoms with Gasteiger partial charge in [0.15, 0.2) is 5.79 Å². The van der Waals surface area contributed by atoms with Crippen LogP contribution in [0.1, 0.15) is 27.2 Å². The van der Waals surface area contributed by atoms with Gasteiger partial charge in [0.05, 0.1) is 19.8 Å². The van der Waals surface area contributed by atoms with Crippen LogP contribution in [0.25, 0.3) is 0 Å². The van der Waals surface area contributed by atoms with Gasteiger partial charge in [0.1, 0.15) is 0 Å². The Bertz CT molecular complexity index is 141. The Kier molecular flexibility index (Phi) is 4.16. The molecule has 0 aromatic rings. The second kappa shape index (κ2) is 4.94. The molecule has 0 aromatic heterocycles. The third-order valence-corrected chi connectivity index (χ3v) is 2.05. The van der Waals surface area contributed by atoms with E-state index in [4.69, 9.17) is 14.2 Å². The number of hydrogen-bond acceptors (Lipinski definition) is 3. The minimum Gasteiger partial charge on any atom is -0.379 e. The van der Waals surface area contributed by atoms with E-state index in [1.165, 1.54) is 0 Å². The average molecular weight is 188 g/mol. The van der Waals surface area contributed by atoms with Crippen molar-refractivity contribution in [2.45, 2.75) is 33.0 Å². The van der Waals surface area contributed by atoms with Crippen molar-refractivity contribution in [3.8, 4) is 0 Å². The van der Waals surface area contributed by atoms with Gasteiger partial charge in [-0.15, -0.1) is 0 Å². The van der Waals surface area contributed by atoms with E-state index in [1.54, 1.807) is 0 Å². The Morgan fingerprint density at radius 3 is 2.54 bits per heavy atom. The summed E-state index contributed by atoms with van der Waals surface area (Å²) in [5, 5.41) is 0. The van der Waals surface area contributed by atoms with Crippen molar-refractivity contribution >= 4 is 0 Å². The lowest BCUT2D eigenvalue weighted by atomic mass is 10.1. The van der Waals surface area contributed by atoms with Gasteiger partial charge in [-0.2, -0.15) is 0 Å². The van der Waals surface area contributed by atoms with Gasteiger partial charge in [0.25, 0.3) is 0 Å². The minimum atomic E-state index is -0.318. The van der Waals surface area contributed by atoms with E-state index in [0.29, 0.717) is 19.1 Å². The van der Waals surface area contributed by atoms with Gasteiger partial charge < -0.3 is 14.2 Å². The van der Waals surface area contributed by atoms with E-state index < -0.39 is 0 Å². The molecule has 3 nitrogen and oxygen atoms in total. The third kappa shape index (κ3) is 4.07. The molecule has 0 spiro atoms. The Balaban J connectivity index is 1.89. The Labute approximate surface area is 80.4 Å². The fraction of sp³-hybridized carbons (Fsp3) is 1.00. The fourth-order valence-corrected chi connectivity index (χ4v) is 1.14. The van der Waals surface area contributed by atoms with Crippen LogP contribution in [0.15, 0.2) is 0 Å². The van der Waals surface area contributed by atoms with Crippen molar-refractivity contribution in [1.29, 1.82) is 0 Å². The van der Waals surface area contributed by atoms with Gasteiger partial charge in [0, 0.05) is 13.0 Å². The molecule has 0 radical (unpaired) electrons. The van der Waals surface area contributed by atoms with Crippen LogP contribution >= 0.6 is 0 Å². The van der Waals surface area contributed by atoms with Crippen molar-refractivity contribution in [3.05, 3.63) is 0 Å². The first kappa shape index (κ1) is 11.0. The number of rotatable bonds is 6. The molecule has 1 unspecified atom stereocenters. The second-order valence-electron chi connectivity index (χ2n) is 4.05. The molecular formula is C10H20O3. The summed E-state index contributed by atoms with van der Waals surface area (Å²) in [5.74, 6) is 0.275. The summed E-state index contributed by atoms with van der Waals surface area (Å²) in [6, 6.07) is 0. The first-order valence-corrected chi connectivity index (χ1v) is 4.98. The molecule has 78 valence electrons. The summed E-state index contributed by atoms with van der Waals surface area (Å²) in [6.07, 6.45) is 0.997. The molecule has 1 rings (SSSR count). The van der Waals surface area contributed by atoms with E-state index in [9.17, 15) is 0 Å². The highest BCUT2D eigenvalue weighted by Crippen LogP contribution is 2.26. The van der Waals surface area contributed by atoms with Gasteiger partial charge in [-0.25, -0.2) is 0 Å². The Morgan fingerprint density at radius 1 is 1.38 bits per heavy atom. The maximum Gasteiger partial charge on any atom is 0.167 e. The molecule has 1 saturated heterocycles. The molecule has 1 aliphatic heterocycles. The molecule has 1 atom stereocenters. The largest absolute Gasteiger partial charge is 0.379 e. The van der Waals surface area contributed by atoms with E-state index in [2.05, 4.69) is 13.8 Å². The zero-order valence-corrected chi connectivity index (χ0v) is 8.84. The molecule has 1 heterocycles. The van der Waals surface area contributed by atoms with Crippen LogP contribution in [0.3, 0.4) is 0 Å². The van der Waals surface area contributed by atoms with E-state index >= 15 is 0 Å². The highest BCUT2D eigenvalue weighted by molar-refractivity contribution is 4.71. The lowest BCUT2D eigenvalue weighted by Gasteiger charge is -2.38. The van der Waals surface area contributed by atoms with Gasteiger partial charge in [-0.05, 0) is 12.8 Å². The minimum absolute atomic E-state index is 0.318. The van der Waals surface area contributed by atoms with Crippen LogP contribution in [0.4, 0.5) is 0 Å². The highest BCUT2D eigenvalue weighted by atomic mass is 16.7. The maximum absolute atomic E-state index is 5.50. The molecule has 3 heteroatoms. The van der Waals surface area contributed by atoms with Crippen LogP contribution in [0.2, 0.25) is 0 Å². The van der Waals surface area contributed by atoms with Crippen molar-refractivity contribution in [2.24, 2.45) is 5.92 Å². The number of ether oxygens (including phenoxy) is 3. The van der Waals surface area contributed by atoms with Crippen molar-refractivity contribution in [2.75, 3.05) is 26.4 Å². The second-order valence-corrected chi connectivity index (χ2v) is 4.05. The molecule has 1 fully saturated rings. The molecule has 0 N–H and O–H groups in total. The van der Waals surface area contributed by atoms with E-state index in [1.807, 2.05) is 6.92 Å². The molecular weight excluding hydrogens is 168 g/mol. The lowest BCUT2D eigenvalue weighted by molar-refractivity contribution is -0.298. The Hall–Kier alpha value is -0.120. The zero-order valence-electron chi connectivity index (χ0n) is 8.84. The van der Waals surface area contributed by atoms with Crippen molar-refractivity contribution in [3.63, 3.8) is 0 Å². The maximum atomic E-state index is 5.50. The van der Waals surface area contributed by atoms with Crippen LogP contribution in [0.5, 0.6) is 0 Å². The van der Waals surface area contributed by atoms with Gasteiger partial charge in [-0.3, -0.25) is 0 Å². The number of hydrogen-bond donors (Lipinski definition) is 0. The molecule has 13 heavy (non-hydrogen) atoms. The predicted octanol–water partition coefficient (Wildman–Crippen LogP) is 1.81. The molecule has 1 aliphatic rings. The standard InChI is InChI=1S/C10H20O3/c1-9(2)8-11-6-7-13-10(3)4-5-12-10/h9H,4-8H2,1-3H3. The van der Waals surface area contributed by atoms with Crippen LogP contribution in [-0.2, 0) is 14.2 Å². The van der Waals surface area contributed by atoms with Gasteiger partial charge >= 0.3 is 0 Å². The topological polar surface area (TPSA) is 27.7 Å². The first-order valence-electron chi connectivity index (χ1n) is 4.98. The Morgan fingerprint density at radius 2 is 2.08 bits per heavy atom. The first-order chi connectivity index (χ1) is 6.12. The summed E-state index contributed by atoms with van der Waals surface area (Å²) in [5.41, 5.74) is 0. The van der Waals surface area contributed by atoms with Crippen LogP contribution in [0, 0.1) is 5.92 Å². The summed E-state index contributed by atoms with van der Waals surface area (Å²) >= 11 is 0. The smallest absolute Gasteiger partial charge is 0.167 e.